The molecule has 0 saturated carbocycles. The zero-order valence-corrected chi connectivity index (χ0v) is 15.1. The second-order valence-electron chi connectivity index (χ2n) is 5.98. The van der Waals surface area contributed by atoms with Gasteiger partial charge in [-0.1, -0.05) is 23.8 Å². The Kier molecular flexibility index (Phi) is 4.63. The first kappa shape index (κ1) is 17.2. The van der Waals surface area contributed by atoms with Crippen LogP contribution in [-0.4, -0.2) is 19.5 Å². The molecule has 6 heteroatoms. The summed E-state index contributed by atoms with van der Waals surface area (Å²) < 4.78 is 36.2. The molecule has 0 amide bonds. The van der Waals surface area contributed by atoms with E-state index in [1.165, 1.54) is 12.1 Å². The maximum Gasteiger partial charge on any atom is 0.339 e. The lowest BCUT2D eigenvalue weighted by Crippen LogP contribution is -2.10. The van der Waals surface area contributed by atoms with Gasteiger partial charge < -0.3 is 8.92 Å². The van der Waals surface area contributed by atoms with E-state index in [9.17, 15) is 8.42 Å². The van der Waals surface area contributed by atoms with Gasteiger partial charge in [0.2, 0.25) is 0 Å². The molecule has 0 fully saturated rings. The minimum atomic E-state index is -3.94. The Morgan fingerprint density at radius 2 is 1.68 bits per heavy atom. The Labute approximate surface area is 147 Å². The topological polar surface area (TPSA) is 65.5 Å². The van der Waals surface area contributed by atoms with E-state index in [0.29, 0.717) is 16.7 Å². The predicted octanol–water partition coefficient (Wildman–Crippen LogP) is 4.10. The molecule has 2 aromatic carbocycles. The van der Waals surface area contributed by atoms with Gasteiger partial charge in [0.25, 0.3) is 0 Å². The number of hydrogen-bond donors (Lipinski definition) is 0. The molecule has 0 unspecified atom stereocenters. The normalized spacial score (nSPS) is 11.7. The molecule has 3 aromatic rings. The highest BCUT2D eigenvalue weighted by molar-refractivity contribution is 7.87. The van der Waals surface area contributed by atoms with Crippen molar-refractivity contribution in [3.05, 3.63) is 60.3 Å². The molecule has 0 aliphatic rings. The van der Waals surface area contributed by atoms with Gasteiger partial charge in [-0.15, -0.1) is 0 Å². The van der Waals surface area contributed by atoms with Crippen molar-refractivity contribution < 1.29 is 17.3 Å². The first-order chi connectivity index (χ1) is 11.9. The van der Waals surface area contributed by atoms with E-state index in [2.05, 4.69) is 4.98 Å². The van der Waals surface area contributed by atoms with Crippen LogP contribution in [0.25, 0.3) is 10.9 Å². The van der Waals surface area contributed by atoms with Crippen molar-refractivity contribution in [2.75, 3.05) is 0 Å². The Balaban J connectivity index is 2.03. The number of benzene rings is 2. The molecule has 1 aromatic heterocycles. The summed E-state index contributed by atoms with van der Waals surface area (Å²) in [7, 11) is -3.94. The average Bonchev–Trinajstić information content (AvgIpc) is 2.55. The number of hydrogen-bond acceptors (Lipinski definition) is 5. The van der Waals surface area contributed by atoms with Crippen molar-refractivity contribution in [3.8, 4) is 11.5 Å². The quantitative estimate of drug-likeness (QED) is 0.643. The van der Waals surface area contributed by atoms with E-state index >= 15 is 0 Å². The van der Waals surface area contributed by atoms with Crippen LogP contribution in [0, 0.1) is 6.92 Å². The van der Waals surface area contributed by atoms with E-state index < -0.39 is 10.1 Å². The van der Waals surface area contributed by atoms with Gasteiger partial charge in [-0.3, -0.25) is 4.98 Å². The monoisotopic (exact) mass is 357 g/mol. The minimum absolute atomic E-state index is 0.00790. The summed E-state index contributed by atoms with van der Waals surface area (Å²) in [6.07, 6.45) is 1.57. The minimum Gasteiger partial charge on any atom is -0.490 e. The summed E-state index contributed by atoms with van der Waals surface area (Å²) in [4.78, 5) is 4.37. The van der Waals surface area contributed by atoms with Gasteiger partial charge >= 0.3 is 10.1 Å². The molecule has 0 atom stereocenters. The average molecular weight is 357 g/mol. The van der Waals surface area contributed by atoms with Crippen molar-refractivity contribution in [1.82, 2.24) is 4.98 Å². The Hall–Kier alpha value is -2.60. The standard InChI is InChI=1S/C19H19NO4S/c1-13(2)23-17-11-12-20-19-16(17)5-4-6-18(19)24-25(21,22)15-9-7-14(3)8-10-15/h4-13H,1-3H3. The second kappa shape index (κ2) is 6.72. The third kappa shape index (κ3) is 3.74. The van der Waals surface area contributed by atoms with E-state index in [-0.39, 0.29) is 16.7 Å². The van der Waals surface area contributed by atoms with E-state index in [4.69, 9.17) is 8.92 Å². The van der Waals surface area contributed by atoms with Crippen LogP contribution >= 0.6 is 0 Å². The van der Waals surface area contributed by atoms with Crippen LogP contribution in [0.2, 0.25) is 0 Å². The van der Waals surface area contributed by atoms with Crippen molar-refractivity contribution >= 4 is 21.0 Å². The van der Waals surface area contributed by atoms with Crippen LogP contribution in [-0.2, 0) is 10.1 Å². The highest BCUT2D eigenvalue weighted by Gasteiger charge is 2.19. The van der Waals surface area contributed by atoms with Crippen molar-refractivity contribution in [2.45, 2.75) is 31.8 Å². The maximum absolute atomic E-state index is 12.5. The largest absolute Gasteiger partial charge is 0.490 e. The lowest BCUT2D eigenvalue weighted by Gasteiger charge is -2.14. The summed E-state index contributed by atoms with van der Waals surface area (Å²) in [6, 6.07) is 13.4. The third-order valence-electron chi connectivity index (χ3n) is 3.57. The van der Waals surface area contributed by atoms with Crippen molar-refractivity contribution in [1.29, 1.82) is 0 Å². The molecule has 0 spiro atoms. The molecule has 0 radical (unpaired) electrons. The molecular formula is C19H19NO4S. The highest BCUT2D eigenvalue weighted by Crippen LogP contribution is 2.32. The number of nitrogens with zero attached hydrogens (tertiary/aromatic N) is 1. The predicted molar refractivity (Wildman–Crippen MR) is 96.5 cm³/mol. The Bertz CT molecular complexity index is 996. The van der Waals surface area contributed by atoms with Gasteiger partial charge in [0.15, 0.2) is 5.75 Å². The number of rotatable bonds is 5. The zero-order valence-electron chi connectivity index (χ0n) is 14.3. The smallest absolute Gasteiger partial charge is 0.339 e. The summed E-state index contributed by atoms with van der Waals surface area (Å²) in [5.41, 5.74) is 1.41. The van der Waals surface area contributed by atoms with Crippen LogP contribution < -0.4 is 8.92 Å². The molecule has 5 nitrogen and oxygen atoms in total. The van der Waals surface area contributed by atoms with Gasteiger partial charge in [0.1, 0.15) is 16.2 Å². The maximum atomic E-state index is 12.5. The van der Waals surface area contributed by atoms with Crippen LogP contribution in [0.1, 0.15) is 19.4 Å². The number of para-hydroxylation sites is 1. The zero-order chi connectivity index (χ0) is 18.0. The van der Waals surface area contributed by atoms with Crippen LogP contribution in [0.5, 0.6) is 11.5 Å². The summed E-state index contributed by atoms with van der Waals surface area (Å²) in [6.45, 7) is 5.74. The van der Waals surface area contributed by atoms with Gasteiger partial charge in [0, 0.05) is 11.6 Å². The third-order valence-corrected chi connectivity index (χ3v) is 4.81. The fourth-order valence-corrected chi connectivity index (χ4v) is 3.36. The second-order valence-corrected chi connectivity index (χ2v) is 7.52. The van der Waals surface area contributed by atoms with Crippen LogP contribution in [0.3, 0.4) is 0 Å². The van der Waals surface area contributed by atoms with Gasteiger partial charge in [-0.05, 0) is 51.1 Å². The van der Waals surface area contributed by atoms with E-state index in [0.717, 1.165) is 5.56 Å². The van der Waals surface area contributed by atoms with Gasteiger partial charge in [-0.25, -0.2) is 0 Å². The lowest BCUT2D eigenvalue weighted by atomic mass is 10.2. The van der Waals surface area contributed by atoms with Crippen LogP contribution in [0.4, 0.5) is 0 Å². The first-order valence-electron chi connectivity index (χ1n) is 7.92. The summed E-state index contributed by atoms with van der Waals surface area (Å²) in [5.74, 6) is 0.811. The molecule has 3 rings (SSSR count). The number of ether oxygens (including phenoxy) is 1. The van der Waals surface area contributed by atoms with Gasteiger partial charge in [0.05, 0.1) is 6.10 Å². The Morgan fingerprint density at radius 1 is 0.960 bits per heavy atom. The van der Waals surface area contributed by atoms with E-state index in [1.54, 1.807) is 36.5 Å². The molecule has 130 valence electrons. The Morgan fingerprint density at radius 3 is 2.36 bits per heavy atom. The fourth-order valence-electron chi connectivity index (χ4n) is 2.42. The van der Waals surface area contributed by atoms with Crippen molar-refractivity contribution in [3.63, 3.8) is 0 Å². The number of aromatic nitrogens is 1. The van der Waals surface area contributed by atoms with E-state index in [1.807, 2.05) is 26.8 Å². The van der Waals surface area contributed by atoms with Crippen LogP contribution in [0.15, 0.2) is 59.6 Å². The van der Waals surface area contributed by atoms with Gasteiger partial charge in [-0.2, -0.15) is 8.42 Å². The summed E-state index contributed by atoms with van der Waals surface area (Å²) in [5, 5.41) is 0.702. The molecule has 1 heterocycles. The molecule has 25 heavy (non-hydrogen) atoms. The van der Waals surface area contributed by atoms with Crippen molar-refractivity contribution in [2.24, 2.45) is 0 Å². The SMILES string of the molecule is Cc1ccc(S(=O)(=O)Oc2cccc3c(OC(C)C)ccnc23)cc1. The highest BCUT2D eigenvalue weighted by atomic mass is 32.2. The number of fused-ring (bicyclic) bond motifs is 1. The molecule has 0 aliphatic heterocycles. The lowest BCUT2D eigenvalue weighted by molar-refractivity contribution is 0.245. The number of aryl methyl sites for hydroxylation is 1. The summed E-state index contributed by atoms with van der Waals surface area (Å²) >= 11 is 0. The molecule has 0 saturated heterocycles. The molecular weight excluding hydrogens is 338 g/mol. The molecule has 0 N–H and O–H groups in total. The number of pyridine rings is 1. The first-order valence-corrected chi connectivity index (χ1v) is 9.33. The molecule has 0 aliphatic carbocycles. The molecule has 0 bridgehead atoms. The fraction of sp³-hybridized carbons (Fsp3) is 0.211.